The predicted octanol–water partition coefficient (Wildman–Crippen LogP) is -0.468. The van der Waals surface area contributed by atoms with Crippen LogP contribution in [0.3, 0.4) is 0 Å². The highest BCUT2D eigenvalue weighted by Crippen LogP contribution is 2.21. The van der Waals surface area contributed by atoms with Crippen LogP contribution in [0.25, 0.3) is 0 Å². The summed E-state index contributed by atoms with van der Waals surface area (Å²) in [6.45, 7) is 1.79. The zero-order valence-corrected chi connectivity index (χ0v) is 7.43. The van der Waals surface area contributed by atoms with Gasteiger partial charge in [0.2, 0.25) is 0 Å². The van der Waals surface area contributed by atoms with Crippen LogP contribution in [0.4, 0.5) is 0 Å². The minimum absolute atomic E-state index is 0.0438. The lowest BCUT2D eigenvalue weighted by molar-refractivity contribution is -0.180. The molecule has 0 aromatic heterocycles. The molecule has 0 radical (unpaired) electrons. The van der Waals surface area contributed by atoms with Gasteiger partial charge in [0.05, 0.1) is 24.9 Å². The molecule has 1 heterocycles. The molecule has 4 nitrogen and oxygen atoms in total. The van der Waals surface area contributed by atoms with Gasteiger partial charge in [0.1, 0.15) is 6.10 Å². The van der Waals surface area contributed by atoms with E-state index in [0.717, 1.165) is 0 Å². The summed E-state index contributed by atoms with van der Waals surface area (Å²) >= 11 is 0. The van der Waals surface area contributed by atoms with Crippen LogP contribution in [0.1, 0.15) is 13.3 Å². The van der Waals surface area contributed by atoms with E-state index in [9.17, 15) is 5.11 Å². The van der Waals surface area contributed by atoms with Crippen molar-refractivity contribution in [1.82, 2.24) is 0 Å². The molecule has 12 heavy (non-hydrogen) atoms. The zero-order chi connectivity index (χ0) is 9.14. The summed E-state index contributed by atoms with van der Waals surface area (Å²) in [5.41, 5.74) is 0. The van der Waals surface area contributed by atoms with Crippen molar-refractivity contribution in [2.45, 2.75) is 37.8 Å². The lowest BCUT2D eigenvalue weighted by Gasteiger charge is -2.36. The Kier molecular flexibility index (Phi) is 3.46. The molecule has 4 atom stereocenters. The van der Waals surface area contributed by atoms with Gasteiger partial charge in [-0.25, -0.2) is 0 Å². The molecule has 0 saturated carbocycles. The number of ether oxygens (including phenoxy) is 2. The van der Waals surface area contributed by atoms with E-state index in [1.54, 1.807) is 7.11 Å². The fourth-order valence-electron chi connectivity index (χ4n) is 1.62. The van der Waals surface area contributed by atoms with Gasteiger partial charge >= 0.3 is 0 Å². The van der Waals surface area contributed by atoms with Gasteiger partial charge in [-0.05, 0) is 6.92 Å². The van der Waals surface area contributed by atoms with Gasteiger partial charge in [-0.2, -0.15) is 0 Å². The van der Waals surface area contributed by atoms with Crippen LogP contribution < -0.4 is 0 Å². The molecule has 0 amide bonds. The Morgan fingerprint density at radius 1 is 1.58 bits per heavy atom. The predicted molar refractivity (Wildman–Crippen MR) is 42.8 cm³/mol. The Bertz CT molecular complexity index is 127. The standard InChI is InChI=1S/C8H16O4/c1-5-8(11-2)7(10)3-6(4-9)12-5/h5-10H,3-4H2,1-2H3. The molecule has 0 bridgehead atoms. The van der Waals surface area contributed by atoms with Crippen LogP contribution in [0.5, 0.6) is 0 Å². The normalized spacial score (nSPS) is 43.0. The fourth-order valence-corrected chi connectivity index (χ4v) is 1.62. The first kappa shape index (κ1) is 9.92. The van der Waals surface area contributed by atoms with E-state index in [4.69, 9.17) is 14.6 Å². The van der Waals surface area contributed by atoms with Crippen molar-refractivity contribution < 1.29 is 19.7 Å². The second-order valence-corrected chi connectivity index (χ2v) is 3.15. The molecule has 1 rings (SSSR count). The number of rotatable bonds is 2. The molecule has 1 saturated heterocycles. The Morgan fingerprint density at radius 3 is 2.67 bits per heavy atom. The summed E-state index contributed by atoms with van der Waals surface area (Å²) in [7, 11) is 1.55. The lowest BCUT2D eigenvalue weighted by atomic mass is 9.99. The van der Waals surface area contributed by atoms with Crippen molar-refractivity contribution in [3.8, 4) is 0 Å². The minimum atomic E-state index is -0.532. The monoisotopic (exact) mass is 176 g/mol. The molecule has 1 aliphatic rings. The molecule has 0 aromatic rings. The maximum Gasteiger partial charge on any atom is 0.109 e. The van der Waals surface area contributed by atoms with E-state index in [1.807, 2.05) is 6.92 Å². The van der Waals surface area contributed by atoms with Gasteiger partial charge in [0.25, 0.3) is 0 Å². The second kappa shape index (κ2) is 4.18. The molecule has 0 aliphatic carbocycles. The van der Waals surface area contributed by atoms with E-state index >= 15 is 0 Å². The van der Waals surface area contributed by atoms with Gasteiger partial charge < -0.3 is 19.7 Å². The third kappa shape index (κ3) is 1.95. The van der Waals surface area contributed by atoms with Crippen molar-refractivity contribution in [2.75, 3.05) is 13.7 Å². The maximum atomic E-state index is 9.52. The summed E-state index contributed by atoms with van der Waals surface area (Å²) in [6, 6.07) is 0. The number of hydrogen-bond donors (Lipinski definition) is 2. The first-order valence-corrected chi connectivity index (χ1v) is 4.16. The zero-order valence-electron chi connectivity index (χ0n) is 7.43. The third-order valence-corrected chi connectivity index (χ3v) is 2.23. The Labute approximate surface area is 72.1 Å². The van der Waals surface area contributed by atoms with Gasteiger partial charge in [-0.15, -0.1) is 0 Å². The SMILES string of the molecule is COC1C(O)CC(CO)OC1C. The highest BCUT2D eigenvalue weighted by atomic mass is 16.6. The van der Waals surface area contributed by atoms with Gasteiger partial charge in [0, 0.05) is 13.5 Å². The van der Waals surface area contributed by atoms with E-state index in [1.165, 1.54) is 0 Å². The van der Waals surface area contributed by atoms with Crippen molar-refractivity contribution in [3.63, 3.8) is 0 Å². The van der Waals surface area contributed by atoms with Crippen molar-refractivity contribution >= 4 is 0 Å². The van der Waals surface area contributed by atoms with Crippen LogP contribution in [-0.4, -0.2) is 48.3 Å². The van der Waals surface area contributed by atoms with Crippen molar-refractivity contribution in [3.05, 3.63) is 0 Å². The average Bonchev–Trinajstić information content (AvgIpc) is 2.03. The molecule has 72 valence electrons. The van der Waals surface area contributed by atoms with E-state index in [-0.39, 0.29) is 24.9 Å². The summed E-state index contributed by atoms with van der Waals surface area (Å²) < 4.78 is 10.4. The quantitative estimate of drug-likeness (QED) is 0.597. The molecule has 1 fully saturated rings. The highest BCUT2D eigenvalue weighted by Gasteiger charge is 2.34. The summed E-state index contributed by atoms with van der Waals surface area (Å²) in [6.07, 6.45) is -0.764. The second-order valence-electron chi connectivity index (χ2n) is 3.15. The summed E-state index contributed by atoms with van der Waals surface area (Å²) in [4.78, 5) is 0. The molecular weight excluding hydrogens is 160 g/mol. The number of hydrogen-bond acceptors (Lipinski definition) is 4. The average molecular weight is 176 g/mol. The third-order valence-electron chi connectivity index (χ3n) is 2.23. The molecule has 4 heteroatoms. The van der Waals surface area contributed by atoms with E-state index in [2.05, 4.69) is 0 Å². The number of aliphatic hydroxyl groups is 2. The van der Waals surface area contributed by atoms with Crippen LogP contribution in [0.2, 0.25) is 0 Å². The summed E-state index contributed by atoms with van der Waals surface area (Å²) in [5, 5.41) is 18.3. The maximum absolute atomic E-state index is 9.52. The van der Waals surface area contributed by atoms with Crippen LogP contribution in [0.15, 0.2) is 0 Å². The minimum Gasteiger partial charge on any atom is -0.394 e. The Hall–Kier alpha value is -0.160. The molecule has 0 aromatic carbocycles. The largest absolute Gasteiger partial charge is 0.394 e. The van der Waals surface area contributed by atoms with Gasteiger partial charge in [0.15, 0.2) is 0 Å². The topological polar surface area (TPSA) is 58.9 Å². The van der Waals surface area contributed by atoms with Gasteiger partial charge in [-0.3, -0.25) is 0 Å². The van der Waals surface area contributed by atoms with Crippen molar-refractivity contribution in [2.24, 2.45) is 0 Å². The van der Waals surface area contributed by atoms with E-state index in [0.29, 0.717) is 6.42 Å². The summed E-state index contributed by atoms with van der Waals surface area (Å²) in [5.74, 6) is 0. The first-order chi connectivity index (χ1) is 5.69. The first-order valence-electron chi connectivity index (χ1n) is 4.16. The van der Waals surface area contributed by atoms with E-state index < -0.39 is 6.10 Å². The highest BCUT2D eigenvalue weighted by molar-refractivity contribution is 4.83. The number of aliphatic hydroxyl groups excluding tert-OH is 2. The molecule has 1 aliphatic heterocycles. The van der Waals surface area contributed by atoms with Gasteiger partial charge in [-0.1, -0.05) is 0 Å². The molecular formula is C8H16O4. The number of methoxy groups -OCH3 is 1. The smallest absolute Gasteiger partial charge is 0.109 e. The van der Waals surface area contributed by atoms with Crippen LogP contribution >= 0.6 is 0 Å². The Balaban J connectivity index is 2.51. The van der Waals surface area contributed by atoms with Crippen LogP contribution in [-0.2, 0) is 9.47 Å². The Morgan fingerprint density at radius 2 is 2.25 bits per heavy atom. The molecule has 2 N–H and O–H groups in total. The molecule has 4 unspecified atom stereocenters. The lowest BCUT2D eigenvalue weighted by Crippen LogP contribution is -2.48. The molecule has 0 spiro atoms. The van der Waals surface area contributed by atoms with Crippen molar-refractivity contribution in [1.29, 1.82) is 0 Å². The fraction of sp³-hybridized carbons (Fsp3) is 1.00. The van der Waals surface area contributed by atoms with Crippen LogP contribution in [0, 0.1) is 0 Å².